The van der Waals surface area contributed by atoms with Crippen LogP contribution in [-0.4, -0.2) is 0 Å². The summed E-state index contributed by atoms with van der Waals surface area (Å²) < 4.78 is 6.37. The highest BCUT2D eigenvalue weighted by molar-refractivity contribution is 9.10. The van der Waals surface area contributed by atoms with Crippen molar-refractivity contribution in [1.82, 2.24) is 0 Å². The van der Waals surface area contributed by atoms with Crippen molar-refractivity contribution in [2.45, 2.75) is 13.5 Å². The fraction of sp³-hybridized carbons (Fsp3) is 0.167. The molecular formula is C12H12BrNO. The molecule has 78 valence electrons. The molecule has 0 unspecified atom stereocenters. The van der Waals surface area contributed by atoms with Crippen LogP contribution in [0.15, 0.2) is 45.5 Å². The maximum atomic E-state index is 5.24. The van der Waals surface area contributed by atoms with E-state index in [1.54, 1.807) is 6.26 Å². The Labute approximate surface area is 97.4 Å². The number of furan rings is 1. The molecule has 3 heteroatoms. The van der Waals surface area contributed by atoms with Crippen molar-refractivity contribution >= 4 is 21.6 Å². The van der Waals surface area contributed by atoms with Crippen molar-refractivity contribution in [2.24, 2.45) is 0 Å². The van der Waals surface area contributed by atoms with E-state index in [0.29, 0.717) is 6.54 Å². The average molecular weight is 266 g/mol. The molecular weight excluding hydrogens is 254 g/mol. The van der Waals surface area contributed by atoms with Crippen LogP contribution in [0.1, 0.15) is 11.3 Å². The minimum absolute atomic E-state index is 0.716. The van der Waals surface area contributed by atoms with Gasteiger partial charge in [-0.2, -0.15) is 0 Å². The Kier molecular flexibility index (Phi) is 3.11. The van der Waals surface area contributed by atoms with Gasteiger partial charge in [0.2, 0.25) is 0 Å². The zero-order chi connectivity index (χ0) is 10.7. The van der Waals surface area contributed by atoms with E-state index in [1.165, 1.54) is 5.56 Å². The summed E-state index contributed by atoms with van der Waals surface area (Å²) in [5.74, 6) is 0.940. The third-order valence-electron chi connectivity index (χ3n) is 2.20. The second kappa shape index (κ2) is 4.53. The first-order valence-corrected chi connectivity index (χ1v) is 5.57. The summed E-state index contributed by atoms with van der Waals surface area (Å²) in [6.45, 7) is 2.79. The van der Waals surface area contributed by atoms with Gasteiger partial charge in [-0.15, -0.1) is 0 Å². The van der Waals surface area contributed by atoms with Crippen molar-refractivity contribution in [3.8, 4) is 0 Å². The second-order valence-corrected chi connectivity index (χ2v) is 4.25. The molecule has 0 aliphatic heterocycles. The van der Waals surface area contributed by atoms with Crippen molar-refractivity contribution in [1.29, 1.82) is 0 Å². The molecule has 1 aromatic heterocycles. The minimum Gasteiger partial charge on any atom is -0.467 e. The maximum absolute atomic E-state index is 5.24. The van der Waals surface area contributed by atoms with E-state index in [-0.39, 0.29) is 0 Å². The molecule has 0 saturated carbocycles. The quantitative estimate of drug-likeness (QED) is 0.909. The third-order valence-corrected chi connectivity index (χ3v) is 3.09. The fourth-order valence-electron chi connectivity index (χ4n) is 1.36. The van der Waals surface area contributed by atoms with Gasteiger partial charge in [-0.3, -0.25) is 0 Å². The van der Waals surface area contributed by atoms with Crippen molar-refractivity contribution in [3.05, 3.63) is 52.4 Å². The van der Waals surface area contributed by atoms with Gasteiger partial charge in [-0.05, 0) is 42.8 Å². The van der Waals surface area contributed by atoms with Gasteiger partial charge < -0.3 is 9.73 Å². The molecule has 1 aromatic carbocycles. The third kappa shape index (κ3) is 2.63. The molecule has 1 heterocycles. The Morgan fingerprint density at radius 3 is 2.87 bits per heavy atom. The standard InChI is InChI=1S/C12H12BrNO/c1-9-7-10(4-5-12(9)13)14-8-11-3-2-6-15-11/h2-7,14H,8H2,1H3. The van der Waals surface area contributed by atoms with Gasteiger partial charge in [0.05, 0.1) is 12.8 Å². The van der Waals surface area contributed by atoms with Crippen molar-refractivity contribution in [3.63, 3.8) is 0 Å². The van der Waals surface area contributed by atoms with Gasteiger partial charge in [0, 0.05) is 10.2 Å². The van der Waals surface area contributed by atoms with Crippen LogP contribution in [0.3, 0.4) is 0 Å². The first-order chi connectivity index (χ1) is 7.25. The predicted octanol–water partition coefficient (Wildman–Crippen LogP) is 3.96. The smallest absolute Gasteiger partial charge is 0.122 e. The Bertz CT molecular complexity index is 437. The lowest BCUT2D eigenvalue weighted by Crippen LogP contribution is -1.98. The molecule has 0 amide bonds. The molecule has 0 radical (unpaired) electrons. The summed E-state index contributed by atoms with van der Waals surface area (Å²) in [4.78, 5) is 0. The molecule has 0 saturated heterocycles. The van der Waals surface area contributed by atoms with Gasteiger partial charge in [0.25, 0.3) is 0 Å². The highest BCUT2D eigenvalue weighted by atomic mass is 79.9. The lowest BCUT2D eigenvalue weighted by Gasteiger charge is -2.06. The molecule has 0 aliphatic carbocycles. The number of benzene rings is 1. The van der Waals surface area contributed by atoms with Crippen LogP contribution in [0.5, 0.6) is 0 Å². The van der Waals surface area contributed by atoms with E-state index in [4.69, 9.17) is 4.42 Å². The molecule has 2 aromatic rings. The van der Waals surface area contributed by atoms with E-state index in [2.05, 4.69) is 34.2 Å². The van der Waals surface area contributed by atoms with Crippen LogP contribution < -0.4 is 5.32 Å². The second-order valence-electron chi connectivity index (χ2n) is 3.40. The molecule has 1 N–H and O–H groups in total. The molecule has 0 bridgehead atoms. The summed E-state index contributed by atoms with van der Waals surface area (Å²) >= 11 is 3.47. The lowest BCUT2D eigenvalue weighted by atomic mass is 10.2. The average Bonchev–Trinajstić information content (AvgIpc) is 2.73. The van der Waals surface area contributed by atoms with E-state index in [1.807, 2.05) is 24.3 Å². The molecule has 0 aliphatic rings. The van der Waals surface area contributed by atoms with Gasteiger partial charge in [-0.1, -0.05) is 15.9 Å². The Balaban J connectivity index is 2.02. The minimum atomic E-state index is 0.716. The van der Waals surface area contributed by atoms with Crippen LogP contribution in [-0.2, 0) is 6.54 Å². The number of aryl methyl sites for hydroxylation is 1. The number of nitrogens with one attached hydrogen (secondary N) is 1. The van der Waals surface area contributed by atoms with Crippen LogP contribution in [0.2, 0.25) is 0 Å². The summed E-state index contributed by atoms with van der Waals surface area (Å²) in [6.07, 6.45) is 1.68. The first-order valence-electron chi connectivity index (χ1n) is 4.78. The van der Waals surface area contributed by atoms with Crippen LogP contribution in [0, 0.1) is 6.92 Å². The van der Waals surface area contributed by atoms with Gasteiger partial charge in [0.15, 0.2) is 0 Å². The number of anilines is 1. The van der Waals surface area contributed by atoms with E-state index < -0.39 is 0 Å². The molecule has 2 nitrogen and oxygen atoms in total. The maximum Gasteiger partial charge on any atom is 0.122 e. The summed E-state index contributed by atoms with van der Waals surface area (Å²) in [5, 5.41) is 3.30. The summed E-state index contributed by atoms with van der Waals surface area (Å²) in [5.41, 5.74) is 2.33. The summed E-state index contributed by atoms with van der Waals surface area (Å²) in [6, 6.07) is 10.0. The summed E-state index contributed by atoms with van der Waals surface area (Å²) in [7, 11) is 0. The zero-order valence-electron chi connectivity index (χ0n) is 8.46. The lowest BCUT2D eigenvalue weighted by molar-refractivity contribution is 0.518. The number of halogens is 1. The number of hydrogen-bond donors (Lipinski definition) is 1. The van der Waals surface area contributed by atoms with Crippen LogP contribution in [0.4, 0.5) is 5.69 Å². The molecule has 2 rings (SSSR count). The van der Waals surface area contributed by atoms with Gasteiger partial charge >= 0.3 is 0 Å². The number of rotatable bonds is 3. The molecule has 15 heavy (non-hydrogen) atoms. The Hall–Kier alpha value is -1.22. The monoisotopic (exact) mass is 265 g/mol. The Morgan fingerprint density at radius 2 is 2.20 bits per heavy atom. The van der Waals surface area contributed by atoms with Gasteiger partial charge in [-0.25, -0.2) is 0 Å². The van der Waals surface area contributed by atoms with Crippen LogP contribution >= 0.6 is 15.9 Å². The van der Waals surface area contributed by atoms with Crippen molar-refractivity contribution in [2.75, 3.05) is 5.32 Å². The Morgan fingerprint density at radius 1 is 1.33 bits per heavy atom. The SMILES string of the molecule is Cc1cc(NCc2ccco2)ccc1Br. The fourth-order valence-corrected chi connectivity index (χ4v) is 1.60. The normalized spacial score (nSPS) is 10.3. The highest BCUT2D eigenvalue weighted by Gasteiger charge is 1.98. The van der Waals surface area contributed by atoms with E-state index in [0.717, 1.165) is 15.9 Å². The number of hydrogen-bond acceptors (Lipinski definition) is 2. The molecule has 0 fully saturated rings. The van der Waals surface area contributed by atoms with E-state index in [9.17, 15) is 0 Å². The van der Waals surface area contributed by atoms with E-state index >= 15 is 0 Å². The zero-order valence-corrected chi connectivity index (χ0v) is 10.0. The molecule has 0 spiro atoms. The predicted molar refractivity (Wildman–Crippen MR) is 64.9 cm³/mol. The first kappa shape index (κ1) is 10.3. The highest BCUT2D eigenvalue weighted by Crippen LogP contribution is 2.20. The topological polar surface area (TPSA) is 25.2 Å². The largest absolute Gasteiger partial charge is 0.467 e. The molecule has 0 atom stereocenters. The van der Waals surface area contributed by atoms with Gasteiger partial charge in [0.1, 0.15) is 5.76 Å². The van der Waals surface area contributed by atoms with Crippen LogP contribution in [0.25, 0.3) is 0 Å². The van der Waals surface area contributed by atoms with Crippen molar-refractivity contribution < 1.29 is 4.42 Å².